The van der Waals surface area contributed by atoms with Crippen molar-refractivity contribution < 1.29 is 4.79 Å². The zero-order valence-corrected chi connectivity index (χ0v) is 15.2. The predicted octanol–water partition coefficient (Wildman–Crippen LogP) is 1.47. The van der Waals surface area contributed by atoms with Crippen LogP contribution in [-0.2, 0) is 14.1 Å². The molecule has 1 aromatic carbocycles. The van der Waals surface area contributed by atoms with E-state index in [-0.39, 0.29) is 11.4 Å². The van der Waals surface area contributed by atoms with Gasteiger partial charge in [-0.25, -0.2) is 4.79 Å². The average Bonchev–Trinajstić information content (AvgIpc) is 2.58. The van der Waals surface area contributed by atoms with Crippen molar-refractivity contribution in [1.82, 2.24) is 9.13 Å². The summed E-state index contributed by atoms with van der Waals surface area (Å²) < 4.78 is 1.98. The molecule has 0 radical (unpaired) electrons. The van der Waals surface area contributed by atoms with Gasteiger partial charge in [-0.1, -0.05) is 26.0 Å². The highest BCUT2D eigenvalue weighted by atomic mass is 16.2. The van der Waals surface area contributed by atoms with Crippen molar-refractivity contribution in [3.05, 3.63) is 56.2 Å². The van der Waals surface area contributed by atoms with Gasteiger partial charge in [-0.05, 0) is 30.5 Å². The number of nitrogens with one attached hydrogen (secondary N) is 1. The third-order valence-electron chi connectivity index (χ3n) is 4.31. The second-order valence-electron chi connectivity index (χ2n) is 6.47. The number of aromatic nitrogens is 2. The van der Waals surface area contributed by atoms with E-state index in [9.17, 15) is 14.4 Å². The van der Waals surface area contributed by atoms with E-state index >= 15 is 0 Å². The number of hydrogen-bond acceptors (Lipinski definition) is 5. The van der Waals surface area contributed by atoms with Crippen molar-refractivity contribution in [1.29, 1.82) is 0 Å². The molecule has 0 aliphatic heterocycles. The van der Waals surface area contributed by atoms with Crippen molar-refractivity contribution in [3.8, 4) is 0 Å². The van der Waals surface area contributed by atoms with Gasteiger partial charge in [0.1, 0.15) is 11.4 Å². The number of anilines is 2. The standard InChI is InChI=1S/C18H24N4O3/c1-10(2)12-6-8-13(9-7-12)20-11(3)15(23)14-16(19)21(4)18(25)22(5)17(14)24/h6-11,20H,19H2,1-5H3/t11-/m1/s1. The molecule has 0 bridgehead atoms. The zero-order valence-electron chi connectivity index (χ0n) is 15.2. The second-order valence-corrected chi connectivity index (χ2v) is 6.47. The van der Waals surface area contributed by atoms with E-state index in [1.54, 1.807) is 6.92 Å². The summed E-state index contributed by atoms with van der Waals surface area (Å²) in [5.41, 5.74) is 6.37. The molecular weight excluding hydrogens is 320 g/mol. The van der Waals surface area contributed by atoms with Gasteiger partial charge in [-0.2, -0.15) is 0 Å². The number of ketones is 1. The minimum atomic E-state index is -0.686. The number of carbonyl (C=O) groups is 1. The number of Topliss-reactive ketones (excluding diaryl/α,β-unsaturated/α-hetero) is 1. The molecule has 1 atom stereocenters. The quantitative estimate of drug-likeness (QED) is 0.800. The van der Waals surface area contributed by atoms with Crippen LogP contribution < -0.4 is 22.3 Å². The first-order chi connectivity index (χ1) is 11.6. The fraction of sp³-hybridized carbons (Fsp3) is 0.389. The van der Waals surface area contributed by atoms with Crippen LogP contribution in [0.25, 0.3) is 0 Å². The molecular formula is C18H24N4O3. The van der Waals surface area contributed by atoms with Crippen molar-refractivity contribution in [3.63, 3.8) is 0 Å². The minimum Gasteiger partial charge on any atom is -0.384 e. The Bertz CT molecular complexity index is 908. The Balaban J connectivity index is 2.32. The molecule has 0 saturated carbocycles. The molecule has 25 heavy (non-hydrogen) atoms. The van der Waals surface area contributed by atoms with E-state index in [4.69, 9.17) is 5.73 Å². The predicted molar refractivity (Wildman–Crippen MR) is 99.3 cm³/mol. The van der Waals surface area contributed by atoms with Crippen molar-refractivity contribution >= 4 is 17.3 Å². The molecule has 1 aromatic heterocycles. The van der Waals surface area contributed by atoms with Crippen LogP contribution in [0, 0.1) is 0 Å². The Morgan fingerprint density at radius 1 is 1.04 bits per heavy atom. The number of nitrogen functional groups attached to an aromatic ring is 1. The summed E-state index contributed by atoms with van der Waals surface area (Å²) in [7, 11) is 2.75. The van der Waals surface area contributed by atoms with Crippen molar-refractivity contribution in [2.24, 2.45) is 14.1 Å². The molecule has 3 N–H and O–H groups in total. The lowest BCUT2D eigenvalue weighted by atomic mass is 10.0. The number of hydrogen-bond donors (Lipinski definition) is 2. The summed E-state index contributed by atoms with van der Waals surface area (Å²) in [6.07, 6.45) is 0. The third kappa shape index (κ3) is 3.50. The number of nitrogens with zero attached hydrogens (tertiary/aromatic N) is 2. The minimum absolute atomic E-state index is 0.123. The summed E-state index contributed by atoms with van der Waals surface area (Å²) in [5, 5.41) is 3.07. The highest BCUT2D eigenvalue weighted by molar-refractivity contribution is 6.04. The summed E-state index contributed by atoms with van der Waals surface area (Å²) >= 11 is 0. The van der Waals surface area contributed by atoms with Crippen LogP contribution in [0.2, 0.25) is 0 Å². The summed E-state index contributed by atoms with van der Waals surface area (Å²) in [5.74, 6) is -0.162. The van der Waals surface area contributed by atoms with Crippen LogP contribution in [0.5, 0.6) is 0 Å². The molecule has 0 aliphatic carbocycles. The Morgan fingerprint density at radius 3 is 2.12 bits per heavy atom. The lowest BCUT2D eigenvalue weighted by Crippen LogP contribution is -2.43. The van der Waals surface area contributed by atoms with Crippen LogP contribution in [0.1, 0.15) is 42.6 Å². The fourth-order valence-electron chi connectivity index (χ4n) is 2.59. The van der Waals surface area contributed by atoms with Gasteiger partial charge in [-0.3, -0.25) is 18.7 Å². The monoisotopic (exact) mass is 344 g/mol. The lowest BCUT2D eigenvalue weighted by Gasteiger charge is -2.17. The van der Waals surface area contributed by atoms with Gasteiger partial charge in [0.25, 0.3) is 5.56 Å². The summed E-state index contributed by atoms with van der Waals surface area (Å²) in [6.45, 7) is 5.86. The third-order valence-corrected chi connectivity index (χ3v) is 4.31. The van der Waals surface area contributed by atoms with E-state index in [0.717, 1.165) is 14.8 Å². The van der Waals surface area contributed by atoms with E-state index in [1.807, 2.05) is 24.3 Å². The van der Waals surface area contributed by atoms with Crippen LogP contribution in [-0.4, -0.2) is 21.0 Å². The maximum Gasteiger partial charge on any atom is 0.332 e. The van der Waals surface area contributed by atoms with E-state index < -0.39 is 23.1 Å². The maximum atomic E-state index is 12.7. The van der Waals surface area contributed by atoms with Gasteiger partial charge in [0, 0.05) is 19.8 Å². The molecule has 0 amide bonds. The van der Waals surface area contributed by atoms with Crippen LogP contribution in [0.4, 0.5) is 11.5 Å². The molecule has 0 spiro atoms. The molecule has 2 rings (SSSR count). The molecule has 7 nitrogen and oxygen atoms in total. The average molecular weight is 344 g/mol. The van der Waals surface area contributed by atoms with E-state index in [2.05, 4.69) is 19.2 Å². The Labute approximate surface area is 146 Å². The van der Waals surface area contributed by atoms with Gasteiger partial charge in [0.2, 0.25) is 0 Å². The molecule has 0 aliphatic rings. The second kappa shape index (κ2) is 6.96. The number of benzene rings is 1. The van der Waals surface area contributed by atoms with Crippen LogP contribution >= 0.6 is 0 Å². The first-order valence-corrected chi connectivity index (χ1v) is 8.11. The molecule has 134 valence electrons. The van der Waals surface area contributed by atoms with Gasteiger partial charge in [-0.15, -0.1) is 0 Å². The summed E-state index contributed by atoms with van der Waals surface area (Å²) in [6, 6.07) is 7.09. The number of rotatable bonds is 5. The smallest absolute Gasteiger partial charge is 0.332 e. The first-order valence-electron chi connectivity index (χ1n) is 8.11. The van der Waals surface area contributed by atoms with Gasteiger partial charge < -0.3 is 11.1 Å². The molecule has 0 unspecified atom stereocenters. The van der Waals surface area contributed by atoms with Gasteiger partial charge in [0.05, 0.1) is 6.04 Å². The topological polar surface area (TPSA) is 99.1 Å². The molecule has 1 heterocycles. The highest BCUT2D eigenvalue weighted by Crippen LogP contribution is 2.18. The van der Waals surface area contributed by atoms with Crippen LogP contribution in [0.15, 0.2) is 33.9 Å². The van der Waals surface area contributed by atoms with Crippen molar-refractivity contribution in [2.45, 2.75) is 32.7 Å². The lowest BCUT2D eigenvalue weighted by molar-refractivity contribution is 0.0973. The molecule has 0 saturated heterocycles. The van der Waals surface area contributed by atoms with Gasteiger partial charge >= 0.3 is 5.69 Å². The summed E-state index contributed by atoms with van der Waals surface area (Å²) in [4.78, 5) is 36.9. The first kappa shape index (κ1) is 18.5. The molecule has 2 aromatic rings. The van der Waals surface area contributed by atoms with E-state index in [1.165, 1.54) is 19.7 Å². The zero-order chi connectivity index (χ0) is 18.9. The maximum absolute atomic E-state index is 12.7. The van der Waals surface area contributed by atoms with Crippen molar-refractivity contribution in [2.75, 3.05) is 11.1 Å². The molecule has 7 heteroatoms. The molecule has 0 fully saturated rings. The van der Waals surface area contributed by atoms with E-state index in [0.29, 0.717) is 5.92 Å². The Hall–Kier alpha value is -2.83. The largest absolute Gasteiger partial charge is 0.384 e. The van der Waals surface area contributed by atoms with Gasteiger partial charge in [0.15, 0.2) is 5.78 Å². The Morgan fingerprint density at radius 2 is 1.60 bits per heavy atom. The highest BCUT2D eigenvalue weighted by Gasteiger charge is 2.24. The fourth-order valence-corrected chi connectivity index (χ4v) is 2.59. The van der Waals surface area contributed by atoms with Crippen LogP contribution in [0.3, 0.4) is 0 Å². The normalized spacial score (nSPS) is 12.2. The number of nitrogens with two attached hydrogens (primary N) is 1. The Kier molecular flexibility index (Phi) is 5.15. The SMILES string of the molecule is CC(C)c1ccc(N[C@H](C)C(=O)c2c(N)n(C)c(=O)n(C)c2=O)cc1. The number of carbonyl (C=O) groups excluding carboxylic acids is 1.